The summed E-state index contributed by atoms with van der Waals surface area (Å²) < 4.78 is 31.6. The number of amides is 2. The number of sulfonamides is 1. The number of hydrogen-bond acceptors (Lipinski definition) is 5. The standard InChI is InChI=1S/C29H32Cl3N3O5S/c1-33-29(37)26(17-20-9-5-4-6-10-20)34(19-22-23(30)11-7-12-24(22)31)28(36)13-8-16-35(41(3,38)39)21-14-15-27(40-2)25(32)18-21/h4-7,9-12,14-15,18,26H,8,13,16-17,19H2,1-3H3,(H,33,37)/t26-/m1/s1. The molecule has 2 amide bonds. The van der Waals surface area contributed by atoms with Crippen molar-refractivity contribution < 1.29 is 22.7 Å². The van der Waals surface area contributed by atoms with Crippen LogP contribution in [0.3, 0.4) is 0 Å². The van der Waals surface area contributed by atoms with Gasteiger partial charge in [0.1, 0.15) is 11.8 Å². The number of anilines is 1. The number of halogens is 3. The van der Waals surface area contributed by atoms with Gasteiger partial charge in [0, 0.05) is 48.6 Å². The third kappa shape index (κ3) is 8.75. The maximum atomic E-state index is 13.8. The molecule has 0 heterocycles. The fraction of sp³-hybridized carbons (Fsp3) is 0.310. The second kappa shape index (κ2) is 14.8. The van der Waals surface area contributed by atoms with Crippen LogP contribution in [0, 0.1) is 0 Å². The molecule has 0 fully saturated rings. The Kier molecular flexibility index (Phi) is 11.7. The zero-order valence-electron chi connectivity index (χ0n) is 22.9. The van der Waals surface area contributed by atoms with Gasteiger partial charge in [0.25, 0.3) is 0 Å². The molecular formula is C29H32Cl3N3O5S. The van der Waals surface area contributed by atoms with E-state index < -0.39 is 16.1 Å². The van der Waals surface area contributed by atoms with Crippen LogP contribution in [0.4, 0.5) is 5.69 Å². The molecule has 0 aliphatic heterocycles. The van der Waals surface area contributed by atoms with E-state index in [9.17, 15) is 18.0 Å². The van der Waals surface area contributed by atoms with Gasteiger partial charge in [0.2, 0.25) is 21.8 Å². The summed E-state index contributed by atoms with van der Waals surface area (Å²) in [4.78, 5) is 28.4. The summed E-state index contributed by atoms with van der Waals surface area (Å²) in [6.45, 7) is 0.00336. The maximum absolute atomic E-state index is 13.8. The van der Waals surface area contributed by atoms with Gasteiger partial charge in [-0.3, -0.25) is 13.9 Å². The lowest BCUT2D eigenvalue weighted by Crippen LogP contribution is -2.50. The van der Waals surface area contributed by atoms with Crippen LogP contribution in [0.5, 0.6) is 5.75 Å². The molecule has 220 valence electrons. The largest absolute Gasteiger partial charge is 0.495 e. The molecule has 0 bridgehead atoms. The Morgan fingerprint density at radius 3 is 2.17 bits per heavy atom. The number of methoxy groups -OCH3 is 1. The third-order valence-corrected chi connectivity index (χ3v) is 8.68. The van der Waals surface area contributed by atoms with Crippen LogP contribution >= 0.6 is 34.8 Å². The third-order valence-electron chi connectivity index (χ3n) is 6.48. The van der Waals surface area contributed by atoms with Gasteiger partial charge in [0.05, 0.1) is 24.1 Å². The zero-order valence-corrected chi connectivity index (χ0v) is 26.0. The number of nitrogens with one attached hydrogen (secondary N) is 1. The Labute approximate surface area is 256 Å². The molecule has 0 aliphatic rings. The first kappa shape index (κ1) is 32.5. The van der Waals surface area contributed by atoms with Gasteiger partial charge < -0.3 is 15.0 Å². The SMILES string of the molecule is CNC(=O)[C@@H](Cc1ccccc1)N(Cc1c(Cl)cccc1Cl)C(=O)CCCN(c1ccc(OC)c(Cl)c1)S(C)(=O)=O. The van der Waals surface area contributed by atoms with Crippen molar-refractivity contribution >= 4 is 62.3 Å². The van der Waals surface area contributed by atoms with Gasteiger partial charge >= 0.3 is 0 Å². The summed E-state index contributed by atoms with van der Waals surface area (Å²) >= 11 is 19.1. The average Bonchev–Trinajstić information content (AvgIpc) is 2.93. The number of likely N-dealkylation sites (N-methyl/N-ethyl adjacent to an activating group) is 1. The number of carbonyl (C=O) groups excluding carboxylic acids is 2. The molecule has 3 rings (SSSR count). The van der Waals surface area contributed by atoms with Gasteiger partial charge in [-0.1, -0.05) is 71.2 Å². The molecule has 0 saturated heterocycles. The molecule has 0 radical (unpaired) electrons. The van der Waals surface area contributed by atoms with Crippen LogP contribution in [0.25, 0.3) is 0 Å². The topological polar surface area (TPSA) is 96.0 Å². The Hall–Kier alpha value is -2.98. The number of nitrogens with zero attached hydrogens (tertiary/aromatic N) is 2. The predicted molar refractivity (Wildman–Crippen MR) is 164 cm³/mol. The smallest absolute Gasteiger partial charge is 0.242 e. The summed E-state index contributed by atoms with van der Waals surface area (Å²) in [7, 11) is -0.723. The number of benzene rings is 3. The number of rotatable bonds is 13. The van der Waals surface area contributed by atoms with Crippen LogP contribution in [0.1, 0.15) is 24.0 Å². The van der Waals surface area contributed by atoms with Crippen molar-refractivity contribution in [1.29, 1.82) is 0 Å². The van der Waals surface area contributed by atoms with Crippen molar-refractivity contribution in [1.82, 2.24) is 10.2 Å². The summed E-state index contributed by atoms with van der Waals surface area (Å²) in [6.07, 6.45) is 1.47. The van der Waals surface area contributed by atoms with Gasteiger partial charge in [-0.2, -0.15) is 0 Å². The highest BCUT2D eigenvalue weighted by Crippen LogP contribution is 2.31. The Bertz CT molecular complexity index is 1450. The van der Waals surface area contributed by atoms with Crippen molar-refractivity contribution in [3.63, 3.8) is 0 Å². The summed E-state index contributed by atoms with van der Waals surface area (Å²) in [5, 5.41) is 3.65. The minimum atomic E-state index is -3.70. The lowest BCUT2D eigenvalue weighted by Gasteiger charge is -2.32. The van der Waals surface area contributed by atoms with E-state index in [1.165, 1.54) is 29.4 Å². The first-order chi connectivity index (χ1) is 19.5. The monoisotopic (exact) mass is 639 g/mol. The average molecular weight is 641 g/mol. The van der Waals surface area contributed by atoms with Gasteiger partial charge in [-0.15, -0.1) is 0 Å². The molecule has 0 unspecified atom stereocenters. The molecule has 1 N–H and O–H groups in total. The first-order valence-corrected chi connectivity index (χ1v) is 15.7. The highest BCUT2D eigenvalue weighted by atomic mass is 35.5. The minimum Gasteiger partial charge on any atom is -0.495 e. The van der Waals surface area contributed by atoms with Crippen LogP contribution < -0.4 is 14.4 Å². The fourth-order valence-electron chi connectivity index (χ4n) is 4.39. The van der Waals surface area contributed by atoms with Crippen molar-refractivity contribution in [3.8, 4) is 5.75 Å². The lowest BCUT2D eigenvalue weighted by atomic mass is 10.0. The van der Waals surface area contributed by atoms with E-state index in [0.29, 0.717) is 27.0 Å². The summed E-state index contributed by atoms with van der Waals surface area (Å²) in [5.41, 5.74) is 1.72. The number of ether oxygens (including phenoxy) is 1. The molecule has 0 aromatic heterocycles. The van der Waals surface area contributed by atoms with Crippen molar-refractivity contribution in [2.45, 2.75) is 31.8 Å². The molecule has 0 spiro atoms. The molecule has 8 nitrogen and oxygen atoms in total. The van der Waals surface area contributed by atoms with Gasteiger partial charge in [0.15, 0.2) is 0 Å². The first-order valence-electron chi connectivity index (χ1n) is 12.7. The maximum Gasteiger partial charge on any atom is 0.242 e. The van der Waals surface area contributed by atoms with E-state index in [1.54, 1.807) is 30.3 Å². The molecule has 0 saturated carbocycles. The van der Waals surface area contributed by atoms with E-state index in [0.717, 1.165) is 11.8 Å². The Balaban J connectivity index is 1.89. The lowest BCUT2D eigenvalue weighted by molar-refractivity contribution is -0.141. The summed E-state index contributed by atoms with van der Waals surface area (Å²) in [6, 6.07) is 18.2. The quantitative estimate of drug-likeness (QED) is 0.263. The van der Waals surface area contributed by atoms with Crippen molar-refractivity contribution in [3.05, 3.63) is 92.9 Å². The molecular weight excluding hydrogens is 609 g/mol. The van der Waals surface area contributed by atoms with Gasteiger partial charge in [-0.05, 0) is 42.3 Å². The molecule has 3 aromatic rings. The highest BCUT2D eigenvalue weighted by Gasteiger charge is 2.31. The van der Waals surface area contributed by atoms with E-state index in [-0.39, 0.29) is 49.2 Å². The molecule has 12 heteroatoms. The number of carbonyl (C=O) groups is 2. The zero-order chi connectivity index (χ0) is 30.2. The van der Waals surface area contributed by atoms with Crippen LogP contribution in [0.2, 0.25) is 15.1 Å². The predicted octanol–water partition coefficient (Wildman–Crippen LogP) is 5.59. The van der Waals surface area contributed by atoms with E-state index >= 15 is 0 Å². The number of hydrogen-bond donors (Lipinski definition) is 1. The van der Waals surface area contributed by atoms with E-state index in [1.807, 2.05) is 30.3 Å². The minimum absolute atomic E-state index is 0.00780. The van der Waals surface area contributed by atoms with Crippen LogP contribution in [0.15, 0.2) is 66.7 Å². The highest BCUT2D eigenvalue weighted by molar-refractivity contribution is 7.92. The molecule has 3 aromatic carbocycles. The van der Waals surface area contributed by atoms with Crippen LogP contribution in [-0.4, -0.2) is 58.1 Å². The van der Waals surface area contributed by atoms with E-state index in [4.69, 9.17) is 39.5 Å². The normalized spacial score (nSPS) is 12.0. The fourth-order valence-corrected chi connectivity index (χ4v) is 6.11. The van der Waals surface area contributed by atoms with Crippen LogP contribution in [-0.2, 0) is 32.6 Å². The second-order valence-corrected chi connectivity index (χ2v) is 12.4. The molecule has 0 aliphatic carbocycles. The molecule has 41 heavy (non-hydrogen) atoms. The Morgan fingerprint density at radius 2 is 1.61 bits per heavy atom. The van der Waals surface area contributed by atoms with Crippen molar-refractivity contribution in [2.24, 2.45) is 0 Å². The molecule has 1 atom stereocenters. The summed E-state index contributed by atoms with van der Waals surface area (Å²) in [5.74, 6) is -0.297. The van der Waals surface area contributed by atoms with Gasteiger partial charge in [-0.25, -0.2) is 8.42 Å². The Morgan fingerprint density at radius 1 is 0.951 bits per heavy atom. The second-order valence-electron chi connectivity index (χ2n) is 9.30. The van der Waals surface area contributed by atoms with E-state index in [2.05, 4.69) is 5.32 Å². The van der Waals surface area contributed by atoms with Crippen molar-refractivity contribution in [2.75, 3.05) is 31.3 Å².